The number of nitrogens with two attached hydrogens (primary N) is 1. The van der Waals surface area contributed by atoms with Crippen molar-refractivity contribution in [3.8, 4) is 0 Å². The highest BCUT2D eigenvalue weighted by Crippen LogP contribution is 2.23. The van der Waals surface area contributed by atoms with E-state index in [0.29, 0.717) is 11.7 Å². The predicted molar refractivity (Wildman–Crippen MR) is 113 cm³/mol. The molecule has 0 bridgehead atoms. The number of nitrogens with zero attached hydrogens (tertiary/aromatic N) is 3. The standard InChI is InChI=1S/C19H29FN4O.2ClH/c1-19(2,21)18(25)24-9-5-6-15(14-24)22-10-12-23(13-11-22)17-8-4-3-7-16(17)20;;/h3-4,7-8,15H,5-6,9-14,21H2,1-2H3;2*1H. The molecule has 0 spiro atoms. The molecule has 27 heavy (non-hydrogen) atoms. The van der Waals surface area contributed by atoms with Crippen LogP contribution < -0.4 is 10.6 Å². The van der Waals surface area contributed by atoms with Crippen LogP contribution in [0.4, 0.5) is 10.1 Å². The average Bonchev–Trinajstić information content (AvgIpc) is 2.61. The third-order valence-corrected chi connectivity index (χ3v) is 5.26. The SMILES string of the molecule is CC(C)(N)C(=O)N1CCCC(N2CCN(c3ccccc3F)CC2)C1.Cl.Cl. The first-order valence-electron chi connectivity index (χ1n) is 9.18. The lowest BCUT2D eigenvalue weighted by molar-refractivity contribution is -0.138. The largest absolute Gasteiger partial charge is 0.367 e. The third kappa shape index (κ3) is 5.70. The van der Waals surface area contributed by atoms with Gasteiger partial charge in [0.1, 0.15) is 5.82 Å². The molecule has 2 N–H and O–H groups in total. The number of piperidine rings is 1. The van der Waals surface area contributed by atoms with Gasteiger partial charge in [-0.2, -0.15) is 0 Å². The van der Waals surface area contributed by atoms with Crippen molar-refractivity contribution < 1.29 is 9.18 Å². The zero-order valence-corrected chi connectivity index (χ0v) is 17.7. The maximum Gasteiger partial charge on any atom is 0.242 e. The summed E-state index contributed by atoms with van der Waals surface area (Å²) in [5.74, 6) is -0.127. The zero-order valence-electron chi connectivity index (χ0n) is 16.1. The van der Waals surface area contributed by atoms with Crippen LogP contribution in [-0.4, -0.2) is 66.6 Å². The van der Waals surface area contributed by atoms with E-state index in [9.17, 15) is 9.18 Å². The number of para-hydroxylation sites is 1. The molecule has 0 aromatic heterocycles. The Hall–Kier alpha value is -1.08. The van der Waals surface area contributed by atoms with Gasteiger partial charge in [0, 0.05) is 45.3 Å². The minimum Gasteiger partial charge on any atom is -0.367 e. The van der Waals surface area contributed by atoms with E-state index in [2.05, 4.69) is 9.80 Å². The molecule has 1 atom stereocenters. The number of amides is 1. The fourth-order valence-electron chi connectivity index (χ4n) is 3.88. The van der Waals surface area contributed by atoms with Gasteiger partial charge >= 0.3 is 0 Å². The summed E-state index contributed by atoms with van der Waals surface area (Å²) in [6.45, 7) is 8.50. The summed E-state index contributed by atoms with van der Waals surface area (Å²) in [5, 5.41) is 0. The summed E-state index contributed by atoms with van der Waals surface area (Å²) in [7, 11) is 0. The lowest BCUT2D eigenvalue weighted by atomic mass is 9.99. The van der Waals surface area contributed by atoms with E-state index in [1.54, 1.807) is 19.9 Å². The first kappa shape index (κ1) is 24.0. The molecular formula is C19H31Cl2FN4O. The van der Waals surface area contributed by atoms with Crippen LogP contribution in [0.1, 0.15) is 26.7 Å². The van der Waals surface area contributed by atoms with Crippen molar-refractivity contribution in [2.75, 3.05) is 44.2 Å². The van der Waals surface area contributed by atoms with Crippen LogP contribution in [-0.2, 0) is 4.79 Å². The molecule has 2 aliphatic heterocycles. The molecule has 0 saturated carbocycles. The summed E-state index contributed by atoms with van der Waals surface area (Å²) in [6.07, 6.45) is 2.12. The molecule has 2 heterocycles. The molecule has 8 heteroatoms. The predicted octanol–water partition coefficient (Wildman–Crippen LogP) is 2.52. The molecule has 1 aromatic rings. The van der Waals surface area contributed by atoms with Crippen LogP contribution >= 0.6 is 24.8 Å². The fourth-order valence-corrected chi connectivity index (χ4v) is 3.88. The molecule has 1 aromatic carbocycles. The topological polar surface area (TPSA) is 52.8 Å². The maximum atomic E-state index is 14.0. The second-order valence-electron chi connectivity index (χ2n) is 7.74. The van der Waals surface area contributed by atoms with Crippen LogP contribution in [0.25, 0.3) is 0 Å². The number of carbonyl (C=O) groups excluding carboxylic acids is 1. The molecular weight excluding hydrogens is 390 g/mol. The molecule has 2 fully saturated rings. The Kier molecular flexibility index (Phi) is 8.80. The van der Waals surface area contributed by atoms with Crippen molar-refractivity contribution in [3.05, 3.63) is 30.1 Å². The van der Waals surface area contributed by atoms with E-state index in [1.807, 2.05) is 17.0 Å². The third-order valence-electron chi connectivity index (χ3n) is 5.26. The molecule has 0 radical (unpaired) electrons. The Balaban J connectivity index is 0.00000182. The van der Waals surface area contributed by atoms with E-state index in [-0.39, 0.29) is 36.5 Å². The van der Waals surface area contributed by atoms with E-state index >= 15 is 0 Å². The van der Waals surface area contributed by atoms with Crippen LogP contribution in [0.2, 0.25) is 0 Å². The van der Waals surface area contributed by atoms with E-state index in [1.165, 1.54) is 6.07 Å². The molecule has 2 aliphatic rings. The van der Waals surface area contributed by atoms with Gasteiger partial charge in [-0.1, -0.05) is 12.1 Å². The van der Waals surface area contributed by atoms with Crippen LogP contribution in [0.3, 0.4) is 0 Å². The molecule has 5 nitrogen and oxygen atoms in total. The van der Waals surface area contributed by atoms with Gasteiger partial charge in [0.15, 0.2) is 0 Å². The van der Waals surface area contributed by atoms with Crippen molar-refractivity contribution in [2.24, 2.45) is 5.73 Å². The monoisotopic (exact) mass is 420 g/mol. The Bertz CT molecular complexity index is 618. The summed E-state index contributed by atoms with van der Waals surface area (Å²) in [6, 6.07) is 7.34. The van der Waals surface area contributed by atoms with E-state index < -0.39 is 5.54 Å². The van der Waals surface area contributed by atoms with Crippen molar-refractivity contribution in [2.45, 2.75) is 38.3 Å². The minimum atomic E-state index is -0.814. The maximum absolute atomic E-state index is 14.0. The minimum absolute atomic E-state index is 0. The first-order chi connectivity index (χ1) is 11.9. The molecule has 154 valence electrons. The number of halogens is 3. The first-order valence-corrected chi connectivity index (χ1v) is 9.18. The number of likely N-dealkylation sites (tertiary alicyclic amines) is 1. The summed E-state index contributed by atoms with van der Waals surface area (Å²) in [5.41, 5.74) is 5.86. The number of rotatable bonds is 3. The Morgan fingerprint density at radius 3 is 2.33 bits per heavy atom. The number of anilines is 1. The lowest BCUT2D eigenvalue weighted by Gasteiger charge is -2.44. The second kappa shape index (κ2) is 9.92. The number of piperazine rings is 1. The second-order valence-corrected chi connectivity index (χ2v) is 7.74. The lowest BCUT2D eigenvalue weighted by Crippen LogP contribution is -2.59. The van der Waals surface area contributed by atoms with Crippen LogP contribution in [0.15, 0.2) is 24.3 Å². The van der Waals surface area contributed by atoms with Gasteiger partial charge in [-0.3, -0.25) is 9.69 Å². The molecule has 0 aliphatic carbocycles. The molecule has 1 unspecified atom stereocenters. The van der Waals surface area contributed by atoms with E-state index in [4.69, 9.17) is 5.73 Å². The Morgan fingerprint density at radius 1 is 1.11 bits per heavy atom. The average molecular weight is 421 g/mol. The van der Waals surface area contributed by atoms with Gasteiger partial charge in [0.2, 0.25) is 5.91 Å². The van der Waals surface area contributed by atoms with Crippen molar-refractivity contribution in [1.82, 2.24) is 9.80 Å². The van der Waals surface area contributed by atoms with Gasteiger partial charge in [0.25, 0.3) is 0 Å². The Morgan fingerprint density at radius 2 is 1.74 bits per heavy atom. The van der Waals surface area contributed by atoms with Crippen LogP contribution in [0, 0.1) is 5.82 Å². The highest BCUT2D eigenvalue weighted by molar-refractivity contribution is 5.86. The smallest absolute Gasteiger partial charge is 0.242 e. The quantitative estimate of drug-likeness (QED) is 0.815. The van der Waals surface area contributed by atoms with E-state index in [0.717, 1.165) is 52.1 Å². The van der Waals surface area contributed by atoms with Crippen molar-refractivity contribution in [1.29, 1.82) is 0 Å². The van der Waals surface area contributed by atoms with Gasteiger partial charge in [-0.05, 0) is 38.8 Å². The summed E-state index contributed by atoms with van der Waals surface area (Å²) >= 11 is 0. The highest BCUT2D eigenvalue weighted by atomic mass is 35.5. The number of carbonyl (C=O) groups is 1. The highest BCUT2D eigenvalue weighted by Gasteiger charge is 2.34. The normalized spacial score (nSPS) is 21.3. The number of hydrogen-bond acceptors (Lipinski definition) is 4. The van der Waals surface area contributed by atoms with Gasteiger partial charge < -0.3 is 15.5 Å². The van der Waals surface area contributed by atoms with Crippen molar-refractivity contribution >= 4 is 36.4 Å². The van der Waals surface area contributed by atoms with Gasteiger partial charge in [0.05, 0.1) is 11.2 Å². The van der Waals surface area contributed by atoms with Gasteiger partial charge in [-0.25, -0.2) is 4.39 Å². The van der Waals surface area contributed by atoms with Crippen molar-refractivity contribution in [3.63, 3.8) is 0 Å². The van der Waals surface area contributed by atoms with Crippen LogP contribution in [0.5, 0.6) is 0 Å². The number of benzene rings is 1. The Labute approximate surface area is 173 Å². The molecule has 2 saturated heterocycles. The number of hydrogen-bond donors (Lipinski definition) is 1. The summed E-state index contributed by atoms with van der Waals surface area (Å²) < 4.78 is 14.0. The van der Waals surface area contributed by atoms with Gasteiger partial charge in [-0.15, -0.1) is 24.8 Å². The fraction of sp³-hybridized carbons (Fsp3) is 0.632. The molecule has 3 rings (SSSR count). The summed E-state index contributed by atoms with van der Waals surface area (Å²) in [4.78, 5) is 18.9. The zero-order chi connectivity index (χ0) is 18.0. The molecule has 1 amide bonds.